The largest absolute Gasteiger partial charge is 0.486 e. The molecule has 0 bridgehead atoms. The highest BCUT2D eigenvalue weighted by Crippen LogP contribution is 2.40. The van der Waals surface area contributed by atoms with Crippen molar-refractivity contribution < 1.29 is 9.47 Å². The van der Waals surface area contributed by atoms with Crippen LogP contribution in [0.1, 0.15) is 5.56 Å². The number of fused-ring (bicyclic) bond motifs is 5. The molecule has 1 aliphatic heterocycles. The first-order chi connectivity index (χ1) is 8.83. The summed E-state index contributed by atoms with van der Waals surface area (Å²) in [7, 11) is 0. The Kier molecular flexibility index (Phi) is 1.87. The lowest BCUT2D eigenvalue weighted by atomic mass is 10.1. The van der Waals surface area contributed by atoms with Crippen LogP contribution >= 0.6 is 0 Å². The fraction of sp³-hybridized carbons (Fsp3) is 0.200. The van der Waals surface area contributed by atoms with Gasteiger partial charge in [0, 0.05) is 16.3 Å². The summed E-state index contributed by atoms with van der Waals surface area (Å²) in [5, 5.41) is 2.43. The predicted octanol–water partition coefficient (Wildman–Crippen LogP) is 3.40. The van der Waals surface area contributed by atoms with E-state index >= 15 is 0 Å². The monoisotopic (exact) mass is 239 g/mol. The predicted molar refractivity (Wildman–Crippen MR) is 71.5 cm³/mol. The van der Waals surface area contributed by atoms with Gasteiger partial charge in [0.1, 0.15) is 13.2 Å². The number of nitrogens with one attached hydrogen (secondary N) is 1. The zero-order valence-corrected chi connectivity index (χ0v) is 10.1. The molecular weight excluding hydrogens is 226 g/mol. The van der Waals surface area contributed by atoms with Gasteiger partial charge >= 0.3 is 0 Å². The van der Waals surface area contributed by atoms with Gasteiger partial charge in [-0.1, -0.05) is 11.6 Å². The van der Waals surface area contributed by atoms with Crippen molar-refractivity contribution in [2.24, 2.45) is 0 Å². The highest BCUT2D eigenvalue weighted by molar-refractivity contribution is 6.10. The number of hydrogen-bond acceptors (Lipinski definition) is 2. The van der Waals surface area contributed by atoms with Crippen LogP contribution in [-0.4, -0.2) is 18.2 Å². The maximum absolute atomic E-state index is 5.74. The third kappa shape index (κ3) is 1.24. The van der Waals surface area contributed by atoms with Crippen molar-refractivity contribution in [3.63, 3.8) is 0 Å². The summed E-state index contributed by atoms with van der Waals surface area (Å²) in [6.45, 7) is 3.34. The molecule has 0 unspecified atom stereocenters. The number of hydrogen-bond donors (Lipinski definition) is 1. The molecule has 2 heterocycles. The van der Waals surface area contributed by atoms with Crippen LogP contribution in [0.5, 0.6) is 11.5 Å². The van der Waals surface area contributed by atoms with E-state index in [1.807, 2.05) is 6.07 Å². The highest BCUT2D eigenvalue weighted by Gasteiger charge is 2.17. The molecule has 0 amide bonds. The van der Waals surface area contributed by atoms with Crippen molar-refractivity contribution in [1.29, 1.82) is 0 Å². The van der Waals surface area contributed by atoms with Gasteiger partial charge in [0.25, 0.3) is 0 Å². The van der Waals surface area contributed by atoms with Gasteiger partial charge in [-0.05, 0) is 31.2 Å². The summed E-state index contributed by atoms with van der Waals surface area (Å²) in [4.78, 5) is 3.43. The minimum absolute atomic E-state index is 0.612. The highest BCUT2D eigenvalue weighted by atomic mass is 16.6. The molecule has 1 N–H and O–H groups in total. The summed E-state index contributed by atoms with van der Waals surface area (Å²) < 4.78 is 11.3. The van der Waals surface area contributed by atoms with Crippen molar-refractivity contribution in [3.8, 4) is 11.5 Å². The van der Waals surface area contributed by atoms with Gasteiger partial charge < -0.3 is 14.5 Å². The maximum Gasteiger partial charge on any atom is 0.185 e. The third-order valence-electron chi connectivity index (χ3n) is 3.43. The molecule has 0 atom stereocenters. The lowest BCUT2D eigenvalue weighted by Gasteiger charge is -2.18. The van der Waals surface area contributed by atoms with Gasteiger partial charge in [0.2, 0.25) is 0 Å². The van der Waals surface area contributed by atoms with E-state index in [0.29, 0.717) is 13.2 Å². The van der Waals surface area contributed by atoms with Gasteiger partial charge in [0.05, 0.1) is 5.52 Å². The van der Waals surface area contributed by atoms with E-state index in [4.69, 9.17) is 9.47 Å². The van der Waals surface area contributed by atoms with Crippen LogP contribution < -0.4 is 9.47 Å². The Hall–Kier alpha value is -2.16. The fourth-order valence-electron chi connectivity index (χ4n) is 2.59. The van der Waals surface area contributed by atoms with Gasteiger partial charge in [-0.3, -0.25) is 0 Å². The van der Waals surface area contributed by atoms with E-state index in [9.17, 15) is 0 Å². The van der Waals surface area contributed by atoms with Gasteiger partial charge in [-0.15, -0.1) is 0 Å². The first-order valence-corrected chi connectivity index (χ1v) is 6.13. The summed E-state index contributed by atoms with van der Waals surface area (Å²) in [6, 6.07) is 10.5. The molecule has 90 valence electrons. The fourth-order valence-corrected chi connectivity index (χ4v) is 2.59. The molecule has 0 radical (unpaired) electrons. The van der Waals surface area contributed by atoms with E-state index in [-0.39, 0.29) is 0 Å². The van der Waals surface area contributed by atoms with E-state index in [0.717, 1.165) is 22.5 Å². The Morgan fingerprint density at radius 3 is 2.83 bits per heavy atom. The van der Waals surface area contributed by atoms with Crippen molar-refractivity contribution in [2.75, 3.05) is 13.2 Å². The van der Waals surface area contributed by atoms with Crippen molar-refractivity contribution in [1.82, 2.24) is 4.98 Å². The molecule has 0 saturated carbocycles. The third-order valence-corrected chi connectivity index (χ3v) is 3.43. The van der Waals surface area contributed by atoms with Crippen LogP contribution in [0.3, 0.4) is 0 Å². The summed E-state index contributed by atoms with van der Waals surface area (Å²) in [5.74, 6) is 1.67. The van der Waals surface area contributed by atoms with Crippen LogP contribution in [0, 0.1) is 6.92 Å². The molecule has 0 fully saturated rings. The Bertz CT molecular complexity index is 758. The minimum Gasteiger partial charge on any atom is -0.486 e. The first kappa shape index (κ1) is 9.83. The Morgan fingerprint density at radius 1 is 1.00 bits per heavy atom. The second kappa shape index (κ2) is 3.42. The molecular formula is C15H13NO2. The maximum atomic E-state index is 5.74. The topological polar surface area (TPSA) is 34.2 Å². The molecule has 0 spiro atoms. The van der Waals surface area contributed by atoms with Crippen LogP contribution in [0.25, 0.3) is 21.8 Å². The second-order valence-corrected chi connectivity index (χ2v) is 4.69. The molecule has 0 saturated heterocycles. The Morgan fingerprint density at radius 2 is 1.89 bits per heavy atom. The van der Waals surface area contributed by atoms with Crippen LogP contribution in [-0.2, 0) is 0 Å². The van der Waals surface area contributed by atoms with Crippen LogP contribution in [0.4, 0.5) is 0 Å². The van der Waals surface area contributed by atoms with E-state index in [1.165, 1.54) is 16.3 Å². The van der Waals surface area contributed by atoms with Gasteiger partial charge in [-0.25, -0.2) is 0 Å². The van der Waals surface area contributed by atoms with E-state index in [2.05, 4.69) is 36.2 Å². The molecule has 0 aliphatic carbocycles. The Labute approximate surface area is 104 Å². The molecule has 3 nitrogen and oxygen atoms in total. The summed E-state index contributed by atoms with van der Waals surface area (Å²) >= 11 is 0. The second-order valence-electron chi connectivity index (χ2n) is 4.69. The first-order valence-electron chi connectivity index (χ1n) is 6.13. The minimum atomic E-state index is 0.612. The molecule has 1 aliphatic rings. The number of aromatic amines is 1. The lowest BCUT2D eigenvalue weighted by Crippen LogP contribution is -2.15. The average molecular weight is 239 g/mol. The molecule has 18 heavy (non-hydrogen) atoms. The Balaban J connectivity index is 2.14. The zero-order valence-electron chi connectivity index (χ0n) is 10.1. The van der Waals surface area contributed by atoms with E-state index < -0.39 is 0 Å². The number of aryl methyl sites for hydroxylation is 1. The molecule has 4 rings (SSSR count). The summed E-state index contributed by atoms with van der Waals surface area (Å²) in [6.07, 6.45) is 0. The molecule has 3 heteroatoms. The normalized spacial score (nSPS) is 14.3. The average Bonchev–Trinajstić information content (AvgIpc) is 2.77. The quantitative estimate of drug-likeness (QED) is 0.652. The number of aromatic nitrogens is 1. The standard InChI is InChI=1S/C15H13NO2/c1-9-2-4-12-11(8-9)10-3-5-13-15(14(10)16-12)18-7-6-17-13/h2-5,8,16H,6-7H2,1H3. The van der Waals surface area contributed by atoms with Gasteiger partial charge in [0.15, 0.2) is 11.5 Å². The number of ether oxygens (including phenoxy) is 2. The lowest BCUT2D eigenvalue weighted by molar-refractivity contribution is 0.173. The SMILES string of the molecule is Cc1ccc2[nH]c3c4c(ccc3c2c1)OCCO4. The smallest absolute Gasteiger partial charge is 0.185 e. The van der Waals surface area contributed by atoms with Crippen LogP contribution in [0.2, 0.25) is 0 Å². The van der Waals surface area contributed by atoms with Crippen LogP contribution in [0.15, 0.2) is 30.3 Å². The molecule has 1 aromatic heterocycles. The molecule has 2 aromatic carbocycles. The zero-order chi connectivity index (χ0) is 12.1. The van der Waals surface area contributed by atoms with Crippen molar-refractivity contribution >= 4 is 21.8 Å². The van der Waals surface area contributed by atoms with E-state index in [1.54, 1.807) is 0 Å². The molecule has 3 aromatic rings. The number of benzene rings is 2. The van der Waals surface area contributed by atoms with Crippen molar-refractivity contribution in [3.05, 3.63) is 35.9 Å². The van der Waals surface area contributed by atoms with Crippen molar-refractivity contribution in [2.45, 2.75) is 6.92 Å². The number of H-pyrrole nitrogens is 1. The number of rotatable bonds is 0. The summed E-state index contributed by atoms with van der Waals surface area (Å²) in [5.41, 5.74) is 3.43. The van der Waals surface area contributed by atoms with Gasteiger partial charge in [-0.2, -0.15) is 0 Å².